The minimum absolute atomic E-state index is 0.292. The number of carboxylic acids is 1. The number of amides is 1. The Balaban J connectivity index is 2.46. The summed E-state index contributed by atoms with van der Waals surface area (Å²) < 4.78 is 1.44. The van der Waals surface area contributed by atoms with Gasteiger partial charge in [-0.25, -0.2) is 14.3 Å². The molecule has 1 amide bonds. The van der Waals surface area contributed by atoms with Gasteiger partial charge in [0.05, 0.1) is 11.3 Å². The topological polar surface area (TPSA) is 101 Å². The molecule has 2 aromatic heterocycles. The van der Waals surface area contributed by atoms with E-state index in [0.717, 1.165) is 0 Å². The summed E-state index contributed by atoms with van der Waals surface area (Å²) in [6.07, 6.45) is 2.73. The van der Waals surface area contributed by atoms with Crippen molar-refractivity contribution in [3.8, 4) is 0 Å². The maximum atomic E-state index is 12.4. The smallest absolute Gasteiger partial charge is 0.329 e. The third-order valence-electron chi connectivity index (χ3n) is 3.44. The van der Waals surface area contributed by atoms with E-state index in [1.807, 2.05) is 0 Å². The Kier molecular flexibility index (Phi) is 3.16. The van der Waals surface area contributed by atoms with Crippen LogP contribution in [0.15, 0.2) is 12.5 Å². The molecule has 0 saturated heterocycles. The van der Waals surface area contributed by atoms with Crippen molar-refractivity contribution in [3.63, 3.8) is 0 Å². The van der Waals surface area contributed by atoms with Crippen LogP contribution in [0.1, 0.15) is 29.9 Å². The molecular formula is C12H15N5O3. The Labute approximate surface area is 115 Å². The average molecular weight is 277 g/mol. The summed E-state index contributed by atoms with van der Waals surface area (Å²) in [5, 5.41) is 13.2. The summed E-state index contributed by atoms with van der Waals surface area (Å²) in [5.74, 6) is -1.13. The molecule has 2 aromatic rings. The Morgan fingerprint density at radius 1 is 1.35 bits per heavy atom. The van der Waals surface area contributed by atoms with E-state index in [9.17, 15) is 14.7 Å². The summed E-state index contributed by atoms with van der Waals surface area (Å²) in [6.45, 7) is 4.63. The number of hydrogen-bond donors (Lipinski definition) is 1. The zero-order valence-electron chi connectivity index (χ0n) is 11.7. The lowest BCUT2D eigenvalue weighted by Crippen LogP contribution is -2.51. The predicted molar refractivity (Wildman–Crippen MR) is 69.3 cm³/mol. The SMILES string of the molecule is Cc1c(C(=O)N(C)C(C)(C)C(=O)O)cnc2ncnn12. The van der Waals surface area contributed by atoms with E-state index >= 15 is 0 Å². The maximum absolute atomic E-state index is 12.4. The predicted octanol–water partition coefficient (Wildman–Crippen LogP) is 0.368. The number of aromatic nitrogens is 4. The van der Waals surface area contributed by atoms with Crippen LogP contribution >= 0.6 is 0 Å². The average Bonchev–Trinajstić information content (AvgIpc) is 2.86. The Hall–Kier alpha value is -2.51. The van der Waals surface area contributed by atoms with Crippen LogP contribution in [0.4, 0.5) is 0 Å². The van der Waals surface area contributed by atoms with E-state index in [4.69, 9.17) is 0 Å². The van der Waals surface area contributed by atoms with Gasteiger partial charge in [0.1, 0.15) is 11.9 Å². The molecule has 0 aliphatic carbocycles. The molecule has 8 nitrogen and oxygen atoms in total. The molecule has 20 heavy (non-hydrogen) atoms. The highest BCUT2D eigenvalue weighted by molar-refractivity contribution is 5.98. The van der Waals surface area contributed by atoms with Gasteiger partial charge in [0.2, 0.25) is 0 Å². The molecule has 2 rings (SSSR count). The second-order valence-corrected chi connectivity index (χ2v) is 4.96. The summed E-state index contributed by atoms with van der Waals surface area (Å²) in [7, 11) is 1.45. The molecule has 0 saturated carbocycles. The van der Waals surface area contributed by atoms with Crippen LogP contribution in [0, 0.1) is 6.92 Å². The molecule has 0 aliphatic heterocycles. The van der Waals surface area contributed by atoms with E-state index in [1.54, 1.807) is 6.92 Å². The highest BCUT2D eigenvalue weighted by atomic mass is 16.4. The van der Waals surface area contributed by atoms with Gasteiger partial charge in [-0.1, -0.05) is 0 Å². The lowest BCUT2D eigenvalue weighted by Gasteiger charge is -2.31. The molecule has 0 aliphatic rings. The van der Waals surface area contributed by atoms with Gasteiger partial charge < -0.3 is 10.0 Å². The van der Waals surface area contributed by atoms with Gasteiger partial charge in [0.25, 0.3) is 11.7 Å². The highest BCUT2D eigenvalue weighted by Crippen LogP contribution is 2.18. The number of carbonyl (C=O) groups excluding carboxylic acids is 1. The fourth-order valence-electron chi connectivity index (χ4n) is 1.68. The van der Waals surface area contributed by atoms with Crippen molar-refractivity contribution in [1.29, 1.82) is 0 Å². The van der Waals surface area contributed by atoms with Crippen LogP contribution in [-0.4, -0.2) is 54.1 Å². The van der Waals surface area contributed by atoms with Crippen LogP contribution in [0.25, 0.3) is 5.78 Å². The standard InChI is InChI=1S/C12H15N5O3/c1-7-8(5-13-11-14-6-15-17(7)11)9(18)16(4)12(2,3)10(19)20/h5-6H,1-4H3,(H,19,20). The summed E-state index contributed by atoms with van der Waals surface area (Å²) >= 11 is 0. The van der Waals surface area contributed by atoms with Gasteiger partial charge in [-0.3, -0.25) is 4.79 Å². The molecule has 1 N–H and O–H groups in total. The highest BCUT2D eigenvalue weighted by Gasteiger charge is 2.36. The molecule has 0 bridgehead atoms. The van der Waals surface area contributed by atoms with Crippen LogP contribution in [0.3, 0.4) is 0 Å². The van der Waals surface area contributed by atoms with Gasteiger partial charge >= 0.3 is 5.97 Å². The minimum Gasteiger partial charge on any atom is -0.480 e. The van der Waals surface area contributed by atoms with Crippen molar-refractivity contribution in [2.24, 2.45) is 0 Å². The molecule has 106 valence electrons. The number of hydrogen-bond acceptors (Lipinski definition) is 5. The zero-order valence-corrected chi connectivity index (χ0v) is 11.7. The van der Waals surface area contributed by atoms with Crippen molar-refractivity contribution in [1.82, 2.24) is 24.5 Å². The van der Waals surface area contributed by atoms with E-state index in [-0.39, 0.29) is 0 Å². The minimum atomic E-state index is -1.32. The second-order valence-electron chi connectivity index (χ2n) is 4.96. The van der Waals surface area contributed by atoms with Crippen molar-refractivity contribution < 1.29 is 14.7 Å². The summed E-state index contributed by atoms with van der Waals surface area (Å²) in [4.78, 5) is 32.8. The molecule has 0 aromatic carbocycles. The largest absolute Gasteiger partial charge is 0.480 e. The third-order valence-corrected chi connectivity index (χ3v) is 3.44. The van der Waals surface area contributed by atoms with Crippen molar-refractivity contribution in [2.75, 3.05) is 7.05 Å². The monoisotopic (exact) mass is 277 g/mol. The van der Waals surface area contributed by atoms with E-state index in [0.29, 0.717) is 17.0 Å². The normalized spacial score (nSPS) is 11.6. The quantitative estimate of drug-likeness (QED) is 0.869. The van der Waals surface area contributed by atoms with Crippen molar-refractivity contribution in [2.45, 2.75) is 26.3 Å². The van der Waals surface area contributed by atoms with Crippen LogP contribution in [-0.2, 0) is 4.79 Å². The molecule has 0 atom stereocenters. The lowest BCUT2D eigenvalue weighted by molar-refractivity contribution is -0.147. The van der Waals surface area contributed by atoms with Crippen molar-refractivity contribution in [3.05, 3.63) is 23.8 Å². The molecular weight excluding hydrogens is 262 g/mol. The maximum Gasteiger partial charge on any atom is 0.329 e. The first kappa shape index (κ1) is 13.9. The number of aryl methyl sites for hydroxylation is 1. The number of carboxylic acid groups (broad SMARTS) is 1. The fraction of sp³-hybridized carbons (Fsp3) is 0.417. The van der Waals surface area contributed by atoms with Gasteiger partial charge in [0, 0.05) is 13.2 Å². The van der Waals surface area contributed by atoms with E-state index in [2.05, 4.69) is 15.1 Å². The molecule has 2 heterocycles. The fourth-order valence-corrected chi connectivity index (χ4v) is 1.68. The Bertz CT molecular complexity index is 691. The third kappa shape index (κ3) is 1.98. The van der Waals surface area contributed by atoms with Crippen LogP contribution in [0.2, 0.25) is 0 Å². The molecule has 0 spiro atoms. The van der Waals surface area contributed by atoms with Gasteiger partial charge in [-0.05, 0) is 20.8 Å². The summed E-state index contributed by atoms with van der Waals surface area (Å²) in [6, 6.07) is 0. The van der Waals surface area contributed by atoms with Crippen LogP contribution < -0.4 is 0 Å². The second kappa shape index (κ2) is 4.55. The number of rotatable bonds is 3. The van der Waals surface area contributed by atoms with Gasteiger partial charge in [-0.15, -0.1) is 0 Å². The first-order valence-corrected chi connectivity index (χ1v) is 5.93. The first-order valence-electron chi connectivity index (χ1n) is 5.93. The molecule has 0 radical (unpaired) electrons. The molecule has 8 heteroatoms. The Morgan fingerprint density at radius 3 is 2.60 bits per heavy atom. The number of nitrogens with zero attached hydrogens (tertiary/aromatic N) is 5. The lowest BCUT2D eigenvalue weighted by atomic mass is 10.0. The zero-order chi connectivity index (χ0) is 15.1. The van der Waals surface area contributed by atoms with E-state index in [1.165, 1.54) is 42.8 Å². The summed E-state index contributed by atoms with van der Waals surface area (Å²) in [5.41, 5.74) is -0.466. The number of fused-ring (bicyclic) bond motifs is 1. The van der Waals surface area contributed by atoms with Crippen molar-refractivity contribution >= 4 is 17.7 Å². The van der Waals surface area contributed by atoms with E-state index < -0.39 is 17.4 Å². The van der Waals surface area contributed by atoms with Gasteiger partial charge in [-0.2, -0.15) is 10.1 Å². The molecule has 0 unspecified atom stereocenters. The molecule has 0 fully saturated rings. The first-order chi connectivity index (χ1) is 9.26. The number of carbonyl (C=O) groups is 2. The Morgan fingerprint density at radius 2 is 2.00 bits per heavy atom. The number of aliphatic carboxylic acids is 1. The van der Waals surface area contributed by atoms with Crippen LogP contribution in [0.5, 0.6) is 0 Å². The number of likely N-dealkylation sites (N-methyl/N-ethyl adjacent to an activating group) is 1. The van der Waals surface area contributed by atoms with Gasteiger partial charge in [0.15, 0.2) is 0 Å².